The van der Waals surface area contributed by atoms with Crippen molar-refractivity contribution in [2.45, 2.75) is 12.8 Å². The second-order valence-corrected chi connectivity index (χ2v) is 12.4. The maximum Gasteiger partial charge on any atom is 0.254 e. The molecule has 5 rings (SSSR count). The lowest BCUT2D eigenvalue weighted by atomic mass is 9.98. The molecule has 7 heteroatoms. The maximum atomic E-state index is 12.9. The number of nitrogens with zero attached hydrogens (tertiary/aromatic N) is 3. The van der Waals surface area contributed by atoms with E-state index in [-0.39, 0.29) is 5.91 Å². The Morgan fingerprint density at radius 3 is 2.38 bits per heavy atom. The number of hydrogen-bond donors (Lipinski definition) is 1. The molecule has 3 fully saturated rings. The molecule has 0 aromatic heterocycles. The number of benzene rings is 2. The summed E-state index contributed by atoms with van der Waals surface area (Å²) in [6.07, 6.45) is 7.58. The minimum absolute atomic E-state index is 0.0813. The fraction of sp³-hybridized carbons (Fsp3) is 0.440. The van der Waals surface area contributed by atoms with Gasteiger partial charge in [0.15, 0.2) is 0 Å². The molecule has 0 spiro atoms. The molecule has 170 valence electrons. The molecule has 32 heavy (non-hydrogen) atoms. The van der Waals surface area contributed by atoms with Crippen LogP contribution in [0.1, 0.15) is 27.0 Å². The number of anilines is 1. The summed E-state index contributed by atoms with van der Waals surface area (Å²) in [6, 6.07) is 14.4. The Morgan fingerprint density at radius 1 is 0.969 bits per heavy atom. The Kier molecular flexibility index (Phi) is 6.13. The van der Waals surface area contributed by atoms with E-state index in [1.807, 2.05) is 29.2 Å². The number of rotatable bonds is 8. The summed E-state index contributed by atoms with van der Waals surface area (Å²) in [4.78, 5) is 14.7. The van der Waals surface area contributed by atoms with Crippen molar-refractivity contribution < 1.29 is 9.53 Å². The predicted molar refractivity (Wildman–Crippen MR) is 133 cm³/mol. The van der Waals surface area contributed by atoms with E-state index in [9.17, 15) is 4.79 Å². The molecule has 0 radical (unpaired) electrons. The number of morpholine rings is 1. The Labute approximate surface area is 191 Å². The van der Waals surface area contributed by atoms with Gasteiger partial charge < -0.3 is 15.4 Å². The zero-order valence-corrected chi connectivity index (χ0v) is 19.6. The van der Waals surface area contributed by atoms with Crippen molar-refractivity contribution in [3.8, 4) is 0 Å². The van der Waals surface area contributed by atoms with Crippen molar-refractivity contribution in [2.24, 2.45) is 0 Å². The highest BCUT2D eigenvalue weighted by Gasteiger charge is 2.40. The van der Waals surface area contributed by atoms with Gasteiger partial charge in [-0.1, -0.05) is 30.6 Å². The third kappa shape index (κ3) is 4.79. The third-order valence-electron chi connectivity index (χ3n) is 6.73. The van der Waals surface area contributed by atoms with Gasteiger partial charge in [-0.15, -0.1) is 0 Å². The van der Waals surface area contributed by atoms with E-state index in [4.69, 9.17) is 10.5 Å². The van der Waals surface area contributed by atoms with Gasteiger partial charge in [0, 0.05) is 57.7 Å². The molecule has 0 atom stereocenters. The number of ether oxygens (including phenoxy) is 1. The molecule has 1 amide bonds. The lowest BCUT2D eigenvalue weighted by Gasteiger charge is -2.27. The molecule has 3 aliphatic rings. The molecule has 2 N–H and O–H groups in total. The lowest BCUT2D eigenvalue weighted by molar-refractivity contribution is 0.0303. The lowest BCUT2D eigenvalue weighted by Crippen LogP contribution is -2.40. The Hall–Kier alpha value is -2.11. The highest BCUT2D eigenvalue weighted by molar-refractivity contribution is 7.69. The van der Waals surface area contributed by atoms with Crippen molar-refractivity contribution in [3.63, 3.8) is 0 Å². The molecule has 0 bridgehead atoms. The summed E-state index contributed by atoms with van der Waals surface area (Å²) in [7, 11) is -1.35. The molecular weight excluding hydrogens is 419 g/mol. The van der Waals surface area contributed by atoms with E-state index in [2.05, 4.69) is 33.8 Å². The molecule has 0 unspecified atom stereocenters. The number of hydrogen-bond acceptors (Lipinski definition) is 5. The summed E-state index contributed by atoms with van der Waals surface area (Å²) in [5.41, 5.74) is 11.5. The Bertz CT molecular complexity index is 1030. The van der Waals surface area contributed by atoms with Crippen LogP contribution in [0.4, 0.5) is 5.69 Å². The van der Waals surface area contributed by atoms with Crippen LogP contribution in [0.2, 0.25) is 0 Å². The van der Waals surface area contributed by atoms with Crippen LogP contribution >= 0.6 is 7.19 Å². The molecule has 6 nitrogen and oxygen atoms in total. The number of nitrogens with two attached hydrogens (primary N) is 1. The molecule has 2 aromatic rings. The topological polar surface area (TPSA) is 61.6 Å². The first-order valence-corrected chi connectivity index (χ1v) is 13.7. The van der Waals surface area contributed by atoms with Gasteiger partial charge >= 0.3 is 0 Å². The Balaban J connectivity index is 1.28. The molecule has 0 aliphatic carbocycles. The minimum Gasteiger partial charge on any atom is -0.398 e. The van der Waals surface area contributed by atoms with Crippen LogP contribution in [0.15, 0.2) is 42.5 Å². The molecule has 3 heterocycles. The summed E-state index contributed by atoms with van der Waals surface area (Å²) in [5, 5.41) is 0. The number of amides is 1. The first-order valence-electron chi connectivity index (χ1n) is 11.6. The molecule has 2 aromatic carbocycles. The van der Waals surface area contributed by atoms with Gasteiger partial charge in [-0.25, -0.2) is 0 Å². The van der Waals surface area contributed by atoms with Gasteiger partial charge in [0.1, 0.15) is 0 Å². The first-order chi connectivity index (χ1) is 15.5. The van der Waals surface area contributed by atoms with E-state index < -0.39 is 7.19 Å². The minimum atomic E-state index is -1.35. The number of carbonyl (C=O) groups excluding carboxylic acids is 1. The van der Waals surface area contributed by atoms with E-state index in [0.29, 0.717) is 26.3 Å². The van der Waals surface area contributed by atoms with Crippen LogP contribution in [0.5, 0.6) is 0 Å². The van der Waals surface area contributed by atoms with Gasteiger partial charge in [-0.2, -0.15) is 0 Å². The summed E-state index contributed by atoms with van der Waals surface area (Å²) in [5.74, 6) is 0.0813. The fourth-order valence-electron chi connectivity index (χ4n) is 4.55. The van der Waals surface area contributed by atoms with Crippen molar-refractivity contribution in [1.82, 2.24) is 14.2 Å². The zero-order valence-electron chi connectivity index (χ0n) is 18.7. The number of nitrogen functional groups attached to an aromatic ring is 1. The SMILES string of the molecule is C=P(CCc1ccc(N)c(Cc2cccc(C(=O)N3CCOCC3)c2)c1)(N1CC1)N1CC1. The van der Waals surface area contributed by atoms with Gasteiger partial charge in [0.05, 0.1) is 13.2 Å². The third-order valence-corrected chi connectivity index (χ3v) is 10.6. The highest BCUT2D eigenvalue weighted by Crippen LogP contribution is 2.59. The standard InChI is InChI=1S/C25H33N4O2P/c1-32(28-8-9-28,29-10-11-29)16-7-20-5-6-24(26)23(17-20)19-21-3-2-4-22(18-21)25(30)27-12-14-31-15-13-27/h2-6,17-18H,1,7-16,19,26H2. The molecule has 3 saturated heterocycles. The second-order valence-electron chi connectivity index (χ2n) is 9.07. The first kappa shape index (κ1) is 21.7. The maximum absolute atomic E-state index is 12.9. The van der Waals surface area contributed by atoms with Crippen LogP contribution in [-0.4, -0.2) is 85.1 Å². The van der Waals surface area contributed by atoms with Crippen LogP contribution in [-0.2, 0) is 17.6 Å². The van der Waals surface area contributed by atoms with E-state index in [1.165, 1.54) is 31.7 Å². The van der Waals surface area contributed by atoms with Crippen LogP contribution < -0.4 is 5.73 Å². The quantitative estimate of drug-likeness (QED) is 0.379. The van der Waals surface area contributed by atoms with E-state index in [1.54, 1.807) is 0 Å². The molecule has 3 aliphatic heterocycles. The van der Waals surface area contributed by atoms with E-state index >= 15 is 0 Å². The van der Waals surface area contributed by atoms with Crippen LogP contribution in [0.3, 0.4) is 0 Å². The van der Waals surface area contributed by atoms with Gasteiger partial charge in [-0.05, 0) is 53.9 Å². The number of carbonyl (C=O) groups is 1. The van der Waals surface area contributed by atoms with E-state index in [0.717, 1.165) is 41.4 Å². The zero-order chi connectivity index (χ0) is 22.1. The average Bonchev–Trinajstić information content (AvgIpc) is 3.72. The summed E-state index contributed by atoms with van der Waals surface area (Å²) in [6.45, 7) is 7.37. The fourth-order valence-corrected chi connectivity index (χ4v) is 7.76. The van der Waals surface area contributed by atoms with Crippen LogP contribution in [0, 0.1) is 0 Å². The smallest absolute Gasteiger partial charge is 0.254 e. The Morgan fingerprint density at radius 2 is 1.69 bits per heavy atom. The second kappa shape index (κ2) is 9.03. The van der Waals surface area contributed by atoms with Crippen molar-refractivity contribution in [3.05, 3.63) is 64.7 Å². The van der Waals surface area contributed by atoms with Crippen LogP contribution in [0.25, 0.3) is 0 Å². The van der Waals surface area contributed by atoms with Crippen molar-refractivity contribution >= 4 is 25.1 Å². The van der Waals surface area contributed by atoms with Gasteiger partial charge in [0.25, 0.3) is 5.91 Å². The monoisotopic (exact) mass is 452 g/mol. The summed E-state index contributed by atoms with van der Waals surface area (Å²) < 4.78 is 10.5. The number of aryl methyl sites for hydroxylation is 1. The highest BCUT2D eigenvalue weighted by atomic mass is 31.2. The van der Waals surface area contributed by atoms with Gasteiger partial charge in [0.2, 0.25) is 0 Å². The van der Waals surface area contributed by atoms with Crippen molar-refractivity contribution in [1.29, 1.82) is 0 Å². The summed E-state index contributed by atoms with van der Waals surface area (Å²) >= 11 is 0. The molecule has 0 saturated carbocycles. The molecular formula is C25H33N4O2P. The van der Waals surface area contributed by atoms with Crippen molar-refractivity contribution in [2.75, 3.05) is 64.4 Å². The van der Waals surface area contributed by atoms with Gasteiger partial charge in [-0.3, -0.25) is 14.1 Å². The largest absolute Gasteiger partial charge is 0.398 e. The average molecular weight is 453 g/mol. The predicted octanol–water partition coefficient (Wildman–Crippen LogP) is 2.79. The normalized spacial score (nSPS) is 19.2.